The molecule has 0 saturated carbocycles. The van der Waals surface area contributed by atoms with Crippen molar-refractivity contribution in [2.45, 2.75) is 18.1 Å². The normalized spacial score (nSPS) is 10.6. The van der Waals surface area contributed by atoms with E-state index in [1.54, 1.807) is 36.8 Å². The van der Waals surface area contributed by atoms with Crippen LogP contribution in [0.1, 0.15) is 21.5 Å². The lowest BCUT2D eigenvalue weighted by molar-refractivity contribution is 0.0993. The Balaban J connectivity index is 1.86. The Hall–Kier alpha value is -2.15. The van der Waals surface area contributed by atoms with Crippen LogP contribution in [0.4, 0.5) is 5.82 Å². The topological polar surface area (TPSA) is 67.8 Å². The third-order valence-electron chi connectivity index (χ3n) is 3.86. The third-order valence-corrected chi connectivity index (χ3v) is 5.13. The number of pyridine rings is 1. The lowest BCUT2D eigenvalue weighted by Crippen LogP contribution is -2.12. The van der Waals surface area contributed by atoms with Gasteiger partial charge in [0.05, 0.1) is 5.56 Å². The van der Waals surface area contributed by atoms with Gasteiger partial charge < -0.3 is 5.32 Å². The van der Waals surface area contributed by atoms with Gasteiger partial charge in [-0.1, -0.05) is 41.0 Å². The molecule has 8 heteroatoms. The fourth-order valence-electron chi connectivity index (χ4n) is 2.45. The van der Waals surface area contributed by atoms with E-state index in [1.807, 2.05) is 18.4 Å². The molecule has 2 aromatic heterocycles. The Morgan fingerprint density at radius 2 is 1.85 bits per heavy atom. The molecule has 3 rings (SSSR count). The fraction of sp³-hybridized carbons (Fsp3) is 0.158. The summed E-state index contributed by atoms with van der Waals surface area (Å²) in [7, 11) is 0. The summed E-state index contributed by atoms with van der Waals surface area (Å²) in [5, 5.41) is 4.73. The van der Waals surface area contributed by atoms with Gasteiger partial charge in [0.1, 0.15) is 5.82 Å². The molecular weight excluding hydrogens is 403 g/mol. The van der Waals surface area contributed by atoms with Crippen molar-refractivity contribution in [1.29, 1.82) is 0 Å². The van der Waals surface area contributed by atoms with Crippen LogP contribution in [0.15, 0.2) is 54.1 Å². The summed E-state index contributed by atoms with van der Waals surface area (Å²) < 4.78 is 0. The Morgan fingerprint density at radius 1 is 1.15 bits per heavy atom. The number of hydrogen-bond donors (Lipinski definition) is 1. The number of nitrogens with zero attached hydrogens (tertiary/aromatic N) is 3. The number of anilines is 1. The van der Waals surface area contributed by atoms with Crippen molar-refractivity contribution in [3.05, 3.63) is 75.7 Å². The average Bonchev–Trinajstić information content (AvgIpc) is 2.69. The molecule has 0 aliphatic heterocycles. The molecule has 0 atom stereocenters. The van der Waals surface area contributed by atoms with Crippen molar-refractivity contribution >= 4 is 46.6 Å². The highest BCUT2D eigenvalue weighted by molar-refractivity contribution is 7.98. The Morgan fingerprint density at radius 3 is 2.52 bits per heavy atom. The minimum atomic E-state index is -0.158. The van der Waals surface area contributed by atoms with Crippen LogP contribution >= 0.6 is 35.0 Å². The summed E-state index contributed by atoms with van der Waals surface area (Å²) in [6.07, 6.45) is 6.93. The summed E-state index contributed by atoms with van der Waals surface area (Å²) in [5.41, 5.74) is 2.03. The number of Topliss-reactive ketones (excluding diaryl/α,β-unsaturated/α-hetero) is 1. The smallest absolute Gasteiger partial charge is 0.189 e. The summed E-state index contributed by atoms with van der Waals surface area (Å²) in [6, 6.07) is 8.97. The average molecular weight is 419 g/mol. The molecular formula is C19H16Cl2N4OS. The second-order valence-corrected chi connectivity index (χ2v) is 7.22. The Bertz CT molecular complexity index is 933. The SMILES string of the molecule is CSc1ncc(C(=O)Cc2c(Cl)cccc2Cl)c(NCc2ccncc2)n1. The number of hydrogen-bond acceptors (Lipinski definition) is 6. The monoisotopic (exact) mass is 418 g/mol. The van der Waals surface area contributed by atoms with E-state index in [0.29, 0.717) is 38.7 Å². The number of aromatic nitrogens is 3. The number of carbonyl (C=O) groups excluding carboxylic acids is 1. The van der Waals surface area contributed by atoms with Crippen LogP contribution in [0.3, 0.4) is 0 Å². The maximum atomic E-state index is 12.9. The van der Waals surface area contributed by atoms with Crippen LogP contribution in [0.2, 0.25) is 10.0 Å². The van der Waals surface area contributed by atoms with Crippen LogP contribution in [0, 0.1) is 0 Å². The molecule has 0 bridgehead atoms. The van der Waals surface area contributed by atoms with Gasteiger partial charge in [-0.05, 0) is 41.6 Å². The van der Waals surface area contributed by atoms with Gasteiger partial charge in [-0.15, -0.1) is 0 Å². The number of benzene rings is 1. The number of rotatable bonds is 7. The van der Waals surface area contributed by atoms with E-state index in [-0.39, 0.29) is 12.2 Å². The molecule has 0 aliphatic rings. The first-order valence-electron chi connectivity index (χ1n) is 8.08. The van der Waals surface area contributed by atoms with E-state index >= 15 is 0 Å². The minimum absolute atomic E-state index is 0.0738. The number of ketones is 1. The zero-order chi connectivity index (χ0) is 19.2. The third kappa shape index (κ3) is 4.97. The second kappa shape index (κ2) is 9.17. The van der Waals surface area contributed by atoms with Crippen molar-refractivity contribution in [1.82, 2.24) is 15.0 Å². The van der Waals surface area contributed by atoms with Crippen molar-refractivity contribution in [2.75, 3.05) is 11.6 Å². The lowest BCUT2D eigenvalue weighted by atomic mass is 10.0. The van der Waals surface area contributed by atoms with Crippen molar-refractivity contribution < 1.29 is 4.79 Å². The van der Waals surface area contributed by atoms with E-state index in [9.17, 15) is 4.79 Å². The lowest BCUT2D eigenvalue weighted by Gasteiger charge is -2.12. The standard InChI is InChI=1S/C19H16Cl2N4OS/c1-27-19-24-11-14(17(26)9-13-15(20)3-2-4-16(13)21)18(25-19)23-10-12-5-7-22-8-6-12/h2-8,11H,9-10H2,1H3,(H,23,24,25). The Kier molecular flexibility index (Phi) is 6.66. The number of halogens is 2. The van der Waals surface area contributed by atoms with Gasteiger partial charge in [-0.3, -0.25) is 9.78 Å². The van der Waals surface area contributed by atoms with Crippen LogP contribution in [0.5, 0.6) is 0 Å². The summed E-state index contributed by atoms with van der Waals surface area (Å²) in [6.45, 7) is 0.514. The minimum Gasteiger partial charge on any atom is -0.365 e. The fourth-order valence-corrected chi connectivity index (χ4v) is 3.32. The van der Waals surface area contributed by atoms with Crippen LogP contribution in [-0.4, -0.2) is 27.0 Å². The predicted molar refractivity (Wildman–Crippen MR) is 110 cm³/mol. The molecule has 0 fully saturated rings. The number of nitrogens with one attached hydrogen (secondary N) is 1. The molecule has 0 unspecified atom stereocenters. The summed E-state index contributed by atoms with van der Waals surface area (Å²) >= 11 is 13.8. The van der Waals surface area contributed by atoms with Gasteiger partial charge in [0.2, 0.25) is 0 Å². The van der Waals surface area contributed by atoms with Crippen molar-refractivity contribution in [3.63, 3.8) is 0 Å². The van der Waals surface area contributed by atoms with E-state index in [2.05, 4.69) is 20.3 Å². The van der Waals surface area contributed by atoms with Gasteiger partial charge >= 0.3 is 0 Å². The quantitative estimate of drug-likeness (QED) is 0.333. The highest BCUT2D eigenvalue weighted by Gasteiger charge is 2.18. The van der Waals surface area contributed by atoms with Gasteiger partial charge in [0.15, 0.2) is 10.9 Å². The van der Waals surface area contributed by atoms with E-state index in [4.69, 9.17) is 23.2 Å². The highest BCUT2D eigenvalue weighted by atomic mass is 35.5. The molecule has 0 aliphatic carbocycles. The molecule has 138 valence electrons. The predicted octanol–water partition coefficient (Wildman–Crippen LogP) is 4.94. The molecule has 0 radical (unpaired) electrons. The van der Waals surface area contributed by atoms with Gasteiger partial charge in [0.25, 0.3) is 0 Å². The second-order valence-electron chi connectivity index (χ2n) is 5.63. The van der Waals surface area contributed by atoms with Crippen LogP contribution < -0.4 is 5.32 Å². The molecule has 5 nitrogen and oxygen atoms in total. The molecule has 1 aromatic carbocycles. The first-order chi connectivity index (χ1) is 13.1. The first kappa shape index (κ1) is 19.6. The van der Waals surface area contributed by atoms with E-state index in [1.165, 1.54) is 11.8 Å². The van der Waals surface area contributed by atoms with Crippen LogP contribution in [0.25, 0.3) is 0 Å². The first-order valence-corrected chi connectivity index (χ1v) is 10.1. The molecule has 3 aromatic rings. The maximum Gasteiger partial charge on any atom is 0.189 e. The molecule has 1 N–H and O–H groups in total. The maximum absolute atomic E-state index is 12.9. The molecule has 0 spiro atoms. The van der Waals surface area contributed by atoms with Gasteiger partial charge in [-0.25, -0.2) is 9.97 Å². The highest BCUT2D eigenvalue weighted by Crippen LogP contribution is 2.27. The van der Waals surface area contributed by atoms with Crippen molar-refractivity contribution in [3.8, 4) is 0 Å². The largest absolute Gasteiger partial charge is 0.365 e. The molecule has 0 amide bonds. The van der Waals surface area contributed by atoms with Gasteiger partial charge in [0, 0.05) is 41.6 Å². The van der Waals surface area contributed by atoms with Crippen LogP contribution in [-0.2, 0) is 13.0 Å². The van der Waals surface area contributed by atoms with E-state index in [0.717, 1.165) is 5.56 Å². The Labute approximate surface area is 171 Å². The number of carbonyl (C=O) groups is 1. The van der Waals surface area contributed by atoms with Gasteiger partial charge in [-0.2, -0.15) is 0 Å². The summed E-state index contributed by atoms with van der Waals surface area (Å²) in [5.74, 6) is 0.328. The van der Waals surface area contributed by atoms with E-state index < -0.39 is 0 Å². The summed E-state index contributed by atoms with van der Waals surface area (Å²) in [4.78, 5) is 25.6. The zero-order valence-electron chi connectivity index (χ0n) is 14.4. The molecule has 27 heavy (non-hydrogen) atoms. The molecule has 0 saturated heterocycles. The zero-order valence-corrected chi connectivity index (χ0v) is 16.8. The van der Waals surface area contributed by atoms with Crippen molar-refractivity contribution in [2.24, 2.45) is 0 Å². The number of thioether (sulfide) groups is 1. The molecule has 2 heterocycles.